The lowest BCUT2D eigenvalue weighted by atomic mass is 10.1. The Morgan fingerprint density at radius 3 is 2.44 bits per heavy atom. The minimum atomic E-state index is -0.398. The molecule has 25 heavy (non-hydrogen) atoms. The summed E-state index contributed by atoms with van der Waals surface area (Å²) >= 11 is 0. The minimum Gasteiger partial charge on any atom is -0.494 e. The number of methoxy groups -OCH3 is 1. The van der Waals surface area contributed by atoms with Crippen LogP contribution in [0.4, 0.5) is 8.78 Å². The molecule has 0 heterocycles. The lowest BCUT2D eigenvalue weighted by Gasteiger charge is -2.12. The molecule has 0 saturated carbocycles. The highest BCUT2D eigenvalue weighted by Gasteiger charge is 2.05. The fraction of sp³-hybridized carbons (Fsp3) is 0.316. The third-order valence-electron chi connectivity index (χ3n) is 3.66. The first-order chi connectivity index (χ1) is 12.0. The van der Waals surface area contributed by atoms with Crippen LogP contribution in [0.5, 0.6) is 5.75 Å². The lowest BCUT2D eigenvalue weighted by molar-refractivity contribution is 0.386. The van der Waals surface area contributed by atoms with E-state index in [1.807, 2.05) is 6.92 Å². The van der Waals surface area contributed by atoms with E-state index in [1.54, 1.807) is 31.2 Å². The molecule has 0 aliphatic carbocycles. The maximum atomic E-state index is 13.7. The first kappa shape index (κ1) is 18.7. The molecule has 2 aromatic rings. The zero-order valence-electron chi connectivity index (χ0n) is 14.7. The van der Waals surface area contributed by atoms with Gasteiger partial charge in [0.25, 0.3) is 0 Å². The van der Waals surface area contributed by atoms with E-state index in [4.69, 9.17) is 4.74 Å². The van der Waals surface area contributed by atoms with Gasteiger partial charge in [-0.25, -0.2) is 13.8 Å². The van der Waals surface area contributed by atoms with Crippen molar-refractivity contribution >= 4 is 5.96 Å². The molecule has 0 aliphatic heterocycles. The van der Waals surface area contributed by atoms with E-state index in [0.717, 1.165) is 11.1 Å². The predicted octanol–water partition coefficient (Wildman–Crippen LogP) is 3.54. The Kier molecular flexibility index (Phi) is 6.74. The number of benzene rings is 2. The Labute approximate surface area is 146 Å². The van der Waals surface area contributed by atoms with Crippen molar-refractivity contribution in [2.24, 2.45) is 4.99 Å². The minimum absolute atomic E-state index is 0.219. The molecule has 4 nitrogen and oxygen atoms in total. The Bertz CT molecular complexity index is 747. The number of ether oxygens (including phenoxy) is 1. The van der Waals surface area contributed by atoms with E-state index in [0.29, 0.717) is 31.2 Å². The standard InChI is InChI=1S/C19H23F2N3O/c1-4-22-19(23-11-14-5-7-16(20)13(2)9-14)24-12-15-6-8-18(25-3)17(21)10-15/h5-10H,4,11-12H2,1-3H3,(H2,22,23,24). The Morgan fingerprint density at radius 1 is 1.04 bits per heavy atom. The van der Waals surface area contributed by atoms with Gasteiger partial charge in [-0.3, -0.25) is 0 Å². The third-order valence-corrected chi connectivity index (χ3v) is 3.66. The number of rotatable bonds is 6. The van der Waals surface area contributed by atoms with E-state index < -0.39 is 5.82 Å². The molecule has 0 unspecified atom stereocenters. The van der Waals surface area contributed by atoms with Crippen LogP contribution < -0.4 is 15.4 Å². The molecule has 0 fully saturated rings. The Morgan fingerprint density at radius 2 is 1.80 bits per heavy atom. The quantitative estimate of drug-likeness (QED) is 0.621. The maximum absolute atomic E-state index is 13.7. The van der Waals surface area contributed by atoms with E-state index in [2.05, 4.69) is 15.6 Å². The fourth-order valence-electron chi connectivity index (χ4n) is 2.32. The molecule has 2 aromatic carbocycles. The number of nitrogens with one attached hydrogen (secondary N) is 2. The smallest absolute Gasteiger partial charge is 0.191 e. The molecule has 0 spiro atoms. The second-order valence-electron chi connectivity index (χ2n) is 5.60. The molecule has 0 bridgehead atoms. The zero-order chi connectivity index (χ0) is 18.2. The van der Waals surface area contributed by atoms with Gasteiger partial charge in [-0.15, -0.1) is 0 Å². The van der Waals surface area contributed by atoms with Gasteiger partial charge >= 0.3 is 0 Å². The second kappa shape index (κ2) is 9.01. The van der Waals surface area contributed by atoms with Crippen molar-refractivity contribution in [3.05, 3.63) is 64.7 Å². The van der Waals surface area contributed by atoms with Crippen molar-refractivity contribution in [2.45, 2.75) is 26.9 Å². The summed E-state index contributed by atoms with van der Waals surface area (Å²) in [6.07, 6.45) is 0. The molecule has 2 N–H and O–H groups in total. The molecule has 0 radical (unpaired) electrons. The summed E-state index contributed by atoms with van der Waals surface area (Å²) in [5.74, 6) is 0.210. The van der Waals surface area contributed by atoms with Crippen LogP contribution in [0.25, 0.3) is 0 Å². The van der Waals surface area contributed by atoms with Gasteiger partial charge in [0.15, 0.2) is 17.5 Å². The normalized spacial score (nSPS) is 11.3. The van der Waals surface area contributed by atoms with Crippen molar-refractivity contribution in [2.75, 3.05) is 13.7 Å². The van der Waals surface area contributed by atoms with Gasteiger partial charge in [0, 0.05) is 13.1 Å². The summed E-state index contributed by atoms with van der Waals surface area (Å²) in [6, 6.07) is 9.76. The van der Waals surface area contributed by atoms with Gasteiger partial charge in [-0.1, -0.05) is 18.2 Å². The number of hydrogen-bond donors (Lipinski definition) is 2. The van der Waals surface area contributed by atoms with Gasteiger partial charge in [-0.2, -0.15) is 0 Å². The first-order valence-electron chi connectivity index (χ1n) is 8.13. The summed E-state index contributed by atoms with van der Waals surface area (Å²) in [5.41, 5.74) is 2.30. The first-order valence-corrected chi connectivity index (χ1v) is 8.13. The fourth-order valence-corrected chi connectivity index (χ4v) is 2.32. The lowest BCUT2D eigenvalue weighted by Crippen LogP contribution is -2.36. The van der Waals surface area contributed by atoms with E-state index in [-0.39, 0.29) is 11.6 Å². The molecular weight excluding hydrogens is 324 g/mol. The van der Waals surface area contributed by atoms with Crippen LogP contribution in [-0.4, -0.2) is 19.6 Å². The zero-order valence-corrected chi connectivity index (χ0v) is 14.7. The number of aliphatic imine (C=N–C) groups is 1. The highest BCUT2D eigenvalue weighted by atomic mass is 19.1. The van der Waals surface area contributed by atoms with Crippen LogP contribution in [0.2, 0.25) is 0 Å². The molecule has 134 valence electrons. The van der Waals surface area contributed by atoms with Crippen molar-refractivity contribution in [3.63, 3.8) is 0 Å². The topological polar surface area (TPSA) is 45.7 Å². The van der Waals surface area contributed by atoms with Gasteiger partial charge in [-0.05, 0) is 48.7 Å². The van der Waals surface area contributed by atoms with E-state index in [1.165, 1.54) is 19.2 Å². The molecule has 6 heteroatoms. The summed E-state index contributed by atoms with van der Waals surface area (Å²) in [7, 11) is 1.43. The molecule has 0 atom stereocenters. The van der Waals surface area contributed by atoms with Crippen LogP contribution >= 0.6 is 0 Å². The SMILES string of the molecule is CCNC(=NCc1ccc(F)c(C)c1)NCc1ccc(OC)c(F)c1. The molecule has 2 rings (SSSR count). The summed E-state index contributed by atoms with van der Waals surface area (Å²) < 4.78 is 32.0. The van der Waals surface area contributed by atoms with Gasteiger partial charge in [0.1, 0.15) is 5.82 Å². The maximum Gasteiger partial charge on any atom is 0.191 e. The van der Waals surface area contributed by atoms with Gasteiger partial charge in [0.05, 0.1) is 13.7 Å². The van der Waals surface area contributed by atoms with Crippen molar-refractivity contribution < 1.29 is 13.5 Å². The van der Waals surface area contributed by atoms with Crippen LogP contribution in [0, 0.1) is 18.6 Å². The number of halogens is 2. The third kappa shape index (κ3) is 5.45. The highest BCUT2D eigenvalue weighted by Crippen LogP contribution is 2.17. The monoisotopic (exact) mass is 347 g/mol. The number of hydrogen-bond acceptors (Lipinski definition) is 2. The van der Waals surface area contributed by atoms with Crippen LogP contribution in [0.1, 0.15) is 23.6 Å². The molecule has 0 amide bonds. The average molecular weight is 347 g/mol. The number of nitrogens with zero attached hydrogens (tertiary/aromatic N) is 1. The average Bonchev–Trinajstić information content (AvgIpc) is 2.60. The van der Waals surface area contributed by atoms with Crippen LogP contribution in [0.15, 0.2) is 41.4 Å². The van der Waals surface area contributed by atoms with Crippen LogP contribution in [-0.2, 0) is 13.1 Å². The molecule has 0 aliphatic rings. The number of guanidine groups is 1. The highest BCUT2D eigenvalue weighted by molar-refractivity contribution is 5.79. The van der Waals surface area contributed by atoms with Crippen LogP contribution in [0.3, 0.4) is 0 Å². The van der Waals surface area contributed by atoms with Crippen molar-refractivity contribution in [3.8, 4) is 5.75 Å². The Balaban J connectivity index is 2.01. The Hall–Kier alpha value is -2.63. The van der Waals surface area contributed by atoms with Crippen molar-refractivity contribution in [1.29, 1.82) is 0 Å². The second-order valence-corrected chi connectivity index (χ2v) is 5.60. The molecule has 0 aromatic heterocycles. The summed E-state index contributed by atoms with van der Waals surface area (Å²) in [5, 5.41) is 6.29. The van der Waals surface area contributed by atoms with E-state index >= 15 is 0 Å². The molecule has 0 saturated heterocycles. The number of aryl methyl sites for hydroxylation is 1. The van der Waals surface area contributed by atoms with Gasteiger partial charge < -0.3 is 15.4 Å². The largest absolute Gasteiger partial charge is 0.494 e. The molecular formula is C19H23F2N3O. The van der Waals surface area contributed by atoms with Gasteiger partial charge in [0.2, 0.25) is 0 Å². The summed E-state index contributed by atoms with van der Waals surface area (Å²) in [4.78, 5) is 4.48. The van der Waals surface area contributed by atoms with E-state index in [9.17, 15) is 8.78 Å². The summed E-state index contributed by atoms with van der Waals surface area (Å²) in [6.45, 7) is 5.24. The predicted molar refractivity (Wildman–Crippen MR) is 95.7 cm³/mol. The van der Waals surface area contributed by atoms with Crippen molar-refractivity contribution in [1.82, 2.24) is 10.6 Å².